The van der Waals surface area contributed by atoms with E-state index >= 15 is 0 Å². The summed E-state index contributed by atoms with van der Waals surface area (Å²) in [5, 5.41) is 9.87. The van der Waals surface area contributed by atoms with E-state index in [1.807, 2.05) is 25.4 Å². The summed E-state index contributed by atoms with van der Waals surface area (Å²) in [6.45, 7) is 5.74. The van der Waals surface area contributed by atoms with Gasteiger partial charge in [0.1, 0.15) is 0 Å². The van der Waals surface area contributed by atoms with Crippen LogP contribution in [0.3, 0.4) is 0 Å². The lowest BCUT2D eigenvalue weighted by Gasteiger charge is -2.40. The van der Waals surface area contributed by atoms with E-state index in [0.29, 0.717) is 6.54 Å². The monoisotopic (exact) mass is 235 g/mol. The number of aliphatic hydroxyl groups excluding tert-OH is 1. The highest BCUT2D eigenvalue weighted by molar-refractivity contribution is 5.53. The predicted octanol–water partition coefficient (Wildman–Crippen LogP) is 0.788. The maximum atomic E-state index is 9.87. The molecule has 4 heteroatoms. The third-order valence-electron chi connectivity index (χ3n) is 3.56. The van der Waals surface area contributed by atoms with Gasteiger partial charge in [-0.25, -0.2) is 0 Å². The van der Waals surface area contributed by atoms with Gasteiger partial charge in [-0.2, -0.15) is 0 Å². The molecular formula is C13H21N3O. The Morgan fingerprint density at radius 1 is 1.53 bits per heavy atom. The second-order valence-corrected chi connectivity index (χ2v) is 4.89. The van der Waals surface area contributed by atoms with Gasteiger partial charge in [0, 0.05) is 43.1 Å². The first-order valence-electron chi connectivity index (χ1n) is 6.25. The number of rotatable bonds is 2. The molecule has 1 aliphatic rings. The van der Waals surface area contributed by atoms with Gasteiger partial charge in [0.05, 0.1) is 6.10 Å². The van der Waals surface area contributed by atoms with Gasteiger partial charge < -0.3 is 15.7 Å². The lowest BCUT2D eigenvalue weighted by atomic mass is 9.92. The Morgan fingerprint density at radius 2 is 2.29 bits per heavy atom. The second kappa shape index (κ2) is 5.02. The van der Waals surface area contributed by atoms with Crippen molar-refractivity contribution in [3.05, 3.63) is 24.0 Å². The van der Waals surface area contributed by atoms with E-state index in [4.69, 9.17) is 5.73 Å². The van der Waals surface area contributed by atoms with Crippen LogP contribution in [-0.2, 0) is 6.42 Å². The number of nitrogens with two attached hydrogens (primary N) is 1. The van der Waals surface area contributed by atoms with E-state index in [9.17, 15) is 5.11 Å². The summed E-state index contributed by atoms with van der Waals surface area (Å²) in [4.78, 5) is 6.42. The molecule has 0 spiro atoms. The van der Waals surface area contributed by atoms with Crippen LogP contribution >= 0.6 is 0 Å². The Bertz CT molecular complexity index is 371. The topological polar surface area (TPSA) is 62.4 Å². The highest BCUT2D eigenvalue weighted by atomic mass is 16.3. The molecule has 3 N–H and O–H groups in total. The molecule has 3 atom stereocenters. The number of aliphatic hydroxyl groups is 1. The summed E-state index contributed by atoms with van der Waals surface area (Å²) in [6, 6.07) is 1.87. The van der Waals surface area contributed by atoms with Gasteiger partial charge in [0.15, 0.2) is 0 Å². The van der Waals surface area contributed by atoms with E-state index in [1.165, 1.54) is 11.3 Å². The molecule has 1 aromatic heterocycles. The molecule has 0 aliphatic carbocycles. The fraction of sp³-hybridized carbons (Fsp3) is 0.615. The first kappa shape index (κ1) is 12.3. The molecule has 0 aromatic carbocycles. The third kappa shape index (κ3) is 2.42. The number of anilines is 1. The van der Waals surface area contributed by atoms with Crippen molar-refractivity contribution in [2.45, 2.75) is 32.4 Å². The number of nitrogens with zero attached hydrogens (tertiary/aromatic N) is 2. The van der Waals surface area contributed by atoms with Crippen LogP contribution in [0.1, 0.15) is 19.4 Å². The maximum absolute atomic E-state index is 9.87. The zero-order chi connectivity index (χ0) is 12.4. The Morgan fingerprint density at radius 3 is 2.94 bits per heavy atom. The molecule has 17 heavy (non-hydrogen) atoms. The zero-order valence-electron chi connectivity index (χ0n) is 10.5. The van der Waals surface area contributed by atoms with Gasteiger partial charge in [0.25, 0.3) is 0 Å². The molecule has 94 valence electrons. The van der Waals surface area contributed by atoms with Crippen molar-refractivity contribution in [2.75, 3.05) is 18.0 Å². The van der Waals surface area contributed by atoms with Crippen LogP contribution < -0.4 is 10.6 Å². The minimum Gasteiger partial charge on any atom is -0.391 e. The first-order valence-corrected chi connectivity index (χ1v) is 6.25. The maximum Gasteiger partial charge on any atom is 0.0750 e. The van der Waals surface area contributed by atoms with Crippen molar-refractivity contribution in [1.29, 1.82) is 0 Å². The lowest BCUT2D eigenvalue weighted by molar-refractivity contribution is 0.0784. The first-order chi connectivity index (χ1) is 8.13. The van der Waals surface area contributed by atoms with E-state index in [2.05, 4.69) is 16.8 Å². The summed E-state index contributed by atoms with van der Waals surface area (Å²) in [7, 11) is 0. The quantitative estimate of drug-likeness (QED) is 0.795. The molecule has 1 saturated heterocycles. The molecule has 1 fully saturated rings. The molecule has 0 bridgehead atoms. The average molecular weight is 235 g/mol. The molecule has 2 heterocycles. The molecule has 0 saturated carbocycles. The molecule has 1 aromatic rings. The highest BCUT2D eigenvalue weighted by Gasteiger charge is 2.31. The van der Waals surface area contributed by atoms with Crippen LogP contribution in [-0.4, -0.2) is 35.3 Å². The molecule has 0 radical (unpaired) electrons. The molecule has 1 aliphatic heterocycles. The highest BCUT2D eigenvalue weighted by Crippen LogP contribution is 2.25. The van der Waals surface area contributed by atoms with E-state index < -0.39 is 6.10 Å². The van der Waals surface area contributed by atoms with Crippen LogP contribution in [0.2, 0.25) is 0 Å². The number of pyridine rings is 1. The lowest BCUT2D eigenvalue weighted by Crippen LogP contribution is -2.55. The van der Waals surface area contributed by atoms with Crippen molar-refractivity contribution >= 4 is 5.69 Å². The van der Waals surface area contributed by atoms with E-state index in [1.54, 1.807) is 0 Å². The molecule has 0 unspecified atom stereocenters. The molecule has 2 rings (SSSR count). The second-order valence-electron chi connectivity index (χ2n) is 4.89. The van der Waals surface area contributed by atoms with Gasteiger partial charge in [-0.1, -0.05) is 13.8 Å². The van der Waals surface area contributed by atoms with Gasteiger partial charge in [-0.3, -0.25) is 4.98 Å². The van der Waals surface area contributed by atoms with Crippen LogP contribution in [0, 0.1) is 5.92 Å². The Balaban J connectivity index is 2.22. The Labute approximate surface area is 102 Å². The minimum absolute atomic E-state index is 0.170. The van der Waals surface area contributed by atoms with Gasteiger partial charge in [-0.15, -0.1) is 0 Å². The van der Waals surface area contributed by atoms with Gasteiger partial charge in [0.2, 0.25) is 0 Å². The summed E-state index contributed by atoms with van der Waals surface area (Å²) in [5.74, 6) is 0.205. The minimum atomic E-state index is -0.391. The van der Waals surface area contributed by atoms with Crippen LogP contribution in [0.15, 0.2) is 18.5 Å². The number of hydrogen-bond donors (Lipinski definition) is 2. The Kier molecular flexibility index (Phi) is 3.64. The van der Waals surface area contributed by atoms with Crippen LogP contribution in [0.25, 0.3) is 0 Å². The van der Waals surface area contributed by atoms with Crippen molar-refractivity contribution in [3.63, 3.8) is 0 Å². The average Bonchev–Trinajstić information content (AvgIpc) is 2.35. The Hall–Kier alpha value is -1.13. The van der Waals surface area contributed by atoms with Crippen LogP contribution in [0.4, 0.5) is 5.69 Å². The van der Waals surface area contributed by atoms with E-state index in [-0.39, 0.29) is 12.0 Å². The number of piperidine rings is 1. The third-order valence-corrected chi connectivity index (χ3v) is 3.56. The standard InChI is InChI=1S/C13H21N3O/c1-3-10-6-15-5-4-12(10)16-7-9(2)13(17)11(14)8-16/h4-6,9,11,13,17H,3,7-8,14H2,1-2H3/t9-,11+,13+/m1/s1. The van der Waals surface area contributed by atoms with Crippen molar-refractivity contribution in [1.82, 2.24) is 4.98 Å². The van der Waals surface area contributed by atoms with Gasteiger partial charge in [-0.05, 0) is 18.1 Å². The largest absolute Gasteiger partial charge is 0.391 e. The molecular weight excluding hydrogens is 214 g/mol. The molecule has 0 amide bonds. The number of aryl methyl sites for hydroxylation is 1. The number of hydrogen-bond acceptors (Lipinski definition) is 4. The van der Waals surface area contributed by atoms with Crippen LogP contribution in [0.5, 0.6) is 0 Å². The summed E-state index contributed by atoms with van der Waals surface area (Å²) < 4.78 is 0. The van der Waals surface area contributed by atoms with Crippen molar-refractivity contribution in [2.24, 2.45) is 11.7 Å². The van der Waals surface area contributed by atoms with Crippen molar-refractivity contribution < 1.29 is 5.11 Å². The summed E-state index contributed by atoms with van der Waals surface area (Å²) in [5.41, 5.74) is 8.43. The SMILES string of the molecule is CCc1cnccc1N1C[C@@H](C)[C@H](O)[C@@H](N)C1. The fourth-order valence-electron chi connectivity index (χ4n) is 2.51. The normalized spacial score (nSPS) is 29.4. The molecule has 4 nitrogen and oxygen atoms in total. The van der Waals surface area contributed by atoms with E-state index in [0.717, 1.165) is 13.0 Å². The fourth-order valence-corrected chi connectivity index (χ4v) is 2.51. The smallest absolute Gasteiger partial charge is 0.0750 e. The van der Waals surface area contributed by atoms with Gasteiger partial charge >= 0.3 is 0 Å². The number of aromatic nitrogens is 1. The zero-order valence-corrected chi connectivity index (χ0v) is 10.5. The summed E-state index contributed by atoms with van der Waals surface area (Å²) in [6.07, 6.45) is 4.30. The predicted molar refractivity (Wildman–Crippen MR) is 69.0 cm³/mol. The summed E-state index contributed by atoms with van der Waals surface area (Å²) >= 11 is 0. The van der Waals surface area contributed by atoms with Crippen molar-refractivity contribution in [3.8, 4) is 0 Å².